The molecular formula is C20H25N5O3. The third kappa shape index (κ3) is 2.83. The molecule has 2 aromatic rings. The van der Waals surface area contributed by atoms with Gasteiger partial charge in [-0.25, -0.2) is 4.98 Å². The molecule has 148 valence electrons. The Morgan fingerprint density at radius 2 is 1.96 bits per heavy atom. The van der Waals surface area contributed by atoms with Crippen LogP contribution in [0, 0.1) is 17.8 Å². The minimum Gasteiger partial charge on any atom is -0.390 e. The van der Waals surface area contributed by atoms with Gasteiger partial charge in [-0.15, -0.1) is 0 Å². The number of anilines is 1. The summed E-state index contributed by atoms with van der Waals surface area (Å²) in [5.74, 6) is 0.686. The van der Waals surface area contributed by atoms with Crippen molar-refractivity contribution in [3.63, 3.8) is 0 Å². The van der Waals surface area contributed by atoms with E-state index in [-0.39, 0.29) is 11.9 Å². The zero-order chi connectivity index (χ0) is 19.5. The molecule has 6 rings (SSSR count). The lowest BCUT2D eigenvalue weighted by Crippen LogP contribution is -2.59. The van der Waals surface area contributed by atoms with Crippen molar-refractivity contribution in [2.45, 2.75) is 50.7 Å². The van der Waals surface area contributed by atoms with Gasteiger partial charge in [0.15, 0.2) is 0 Å². The van der Waals surface area contributed by atoms with Gasteiger partial charge in [0, 0.05) is 30.7 Å². The van der Waals surface area contributed by atoms with E-state index < -0.39 is 11.5 Å². The van der Waals surface area contributed by atoms with Crippen LogP contribution in [0.25, 0.3) is 11.0 Å². The van der Waals surface area contributed by atoms with Gasteiger partial charge in [-0.1, -0.05) is 0 Å². The standard InChI is InChI=1S/C20H25N5O3/c1-10(26)24-25-19(27)15-9-22-18-14(2-3-21-18)17(15)23-16-12-4-11-5-13(16)8-20(28,6-11)7-12/h2-3,9,11-13,16,28H,4-8H2,1H3,(H,24,26)(H,25,27)(H2,21,22,23)/t11?,12-,13+,16?,20?. The Kier molecular flexibility index (Phi) is 3.87. The van der Waals surface area contributed by atoms with Crippen LogP contribution in [-0.4, -0.2) is 38.5 Å². The number of fused-ring (bicyclic) bond motifs is 1. The summed E-state index contributed by atoms with van der Waals surface area (Å²) in [6, 6.07) is 2.13. The highest BCUT2D eigenvalue weighted by atomic mass is 16.3. The fourth-order valence-electron chi connectivity index (χ4n) is 5.93. The van der Waals surface area contributed by atoms with Gasteiger partial charge in [0.2, 0.25) is 5.91 Å². The van der Waals surface area contributed by atoms with E-state index in [9.17, 15) is 14.7 Å². The topological polar surface area (TPSA) is 119 Å². The molecular weight excluding hydrogens is 358 g/mol. The van der Waals surface area contributed by atoms with Crippen LogP contribution < -0.4 is 16.2 Å². The quantitative estimate of drug-likeness (QED) is 0.517. The second kappa shape index (κ2) is 6.20. The molecule has 5 atom stereocenters. The number of amides is 2. The van der Waals surface area contributed by atoms with Crippen LogP contribution in [0.5, 0.6) is 0 Å². The third-order valence-corrected chi connectivity index (χ3v) is 6.74. The molecule has 4 fully saturated rings. The largest absolute Gasteiger partial charge is 0.390 e. The molecule has 0 radical (unpaired) electrons. The lowest BCUT2D eigenvalue weighted by atomic mass is 9.52. The lowest BCUT2D eigenvalue weighted by molar-refractivity contribution is -0.129. The van der Waals surface area contributed by atoms with Crippen molar-refractivity contribution in [1.29, 1.82) is 0 Å². The molecule has 8 heteroatoms. The van der Waals surface area contributed by atoms with Crippen LogP contribution in [0.15, 0.2) is 18.5 Å². The van der Waals surface area contributed by atoms with Gasteiger partial charge >= 0.3 is 0 Å². The Morgan fingerprint density at radius 3 is 2.64 bits per heavy atom. The van der Waals surface area contributed by atoms with E-state index in [0.717, 1.165) is 43.2 Å². The van der Waals surface area contributed by atoms with Crippen molar-refractivity contribution in [3.05, 3.63) is 24.0 Å². The van der Waals surface area contributed by atoms with Gasteiger partial charge in [0.25, 0.3) is 5.91 Å². The van der Waals surface area contributed by atoms with E-state index in [2.05, 4.69) is 26.1 Å². The Labute approximate surface area is 162 Å². The number of hydrogen-bond acceptors (Lipinski definition) is 5. The van der Waals surface area contributed by atoms with Crippen LogP contribution >= 0.6 is 0 Å². The monoisotopic (exact) mass is 383 g/mol. The number of aromatic nitrogens is 2. The van der Waals surface area contributed by atoms with Crippen LogP contribution in [0.3, 0.4) is 0 Å². The van der Waals surface area contributed by atoms with Crippen molar-refractivity contribution < 1.29 is 14.7 Å². The van der Waals surface area contributed by atoms with Gasteiger partial charge in [0.05, 0.1) is 16.9 Å². The molecule has 28 heavy (non-hydrogen) atoms. The van der Waals surface area contributed by atoms with Crippen LogP contribution in [0.1, 0.15) is 49.4 Å². The number of H-pyrrole nitrogens is 1. The van der Waals surface area contributed by atoms with Crippen molar-refractivity contribution in [2.24, 2.45) is 17.8 Å². The second-order valence-electron chi connectivity index (χ2n) is 8.79. The number of aromatic amines is 1. The molecule has 2 aromatic heterocycles. The van der Waals surface area contributed by atoms with E-state index >= 15 is 0 Å². The first kappa shape index (κ1) is 17.5. The molecule has 0 spiro atoms. The predicted molar refractivity (Wildman–Crippen MR) is 103 cm³/mol. The summed E-state index contributed by atoms with van der Waals surface area (Å²) in [5.41, 5.74) is 6.12. The highest BCUT2D eigenvalue weighted by Gasteiger charge is 2.54. The van der Waals surface area contributed by atoms with E-state index in [4.69, 9.17) is 0 Å². The van der Waals surface area contributed by atoms with Gasteiger partial charge in [0.1, 0.15) is 5.65 Å². The Bertz CT molecular complexity index is 938. The minimum absolute atomic E-state index is 0.227. The average Bonchev–Trinajstić information content (AvgIpc) is 3.10. The third-order valence-electron chi connectivity index (χ3n) is 6.74. The Hall–Kier alpha value is -2.61. The maximum Gasteiger partial charge on any atom is 0.273 e. The Morgan fingerprint density at radius 1 is 1.21 bits per heavy atom. The summed E-state index contributed by atoms with van der Waals surface area (Å²) in [5, 5.41) is 15.4. The zero-order valence-electron chi connectivity index (χ0n) is 15.8. The number of aliphatic hydroxyl groups is 1. The molecule has 4 aliphatic carbocycles. The van der Waals surface area contributed by atoms with Crippen molar-refractivity contribution >= 4 is 28.5 Å². The summed E-state index contributed by atoms with van der Waals surface area (Å²) in [4.78, 5) is 31.3. The first-order valence-electron chi connectivity index (χ1n) is 9.94. The SMILES string of the molecule is CC(=O)NNC(=O)c1cnc2[nH]ccc2c1NC1[C@@H]2CC3C[C@H]1CC(O)(C3)C2. The first-order valence-corrected chi connectivity index (χ1v) is 9.94. The number of pyridine rings is 1. The predicted octanol–water partition coefficient (Wildman–Crippen LogP) is 1.70. The molecule has 8 nitrogen and oxygen atoms in total. The normalized spacial score (nSPS) is 33.1. The number of carbonyl (C=O) groups is 2. The summed E-state index contributed by atoms with van der Waals surface area (Å²) in [7, 11) is 0. The maximum atomic E-state index is 12.7. The highest BCUT2D eigenvalue weighted by Crippen LogP contribution is 2.56. The number of nitrogens with one attached hydrogen (secondary N) is 4. The molecule has 4 bridgehead atoms. The molecule has 4 saturated carbocycles. The maximum absolute atomic E-state index is 12.7. The fraction of sp³-hybridized carbons (Fsp3) is 0.550. The molecule has 0 saturated heterocycles. The molecule has 0 aliphatic heterocycles. The van der Waals surface area contributed by atoms with Crippen LogP contribution in [0.4, 0.5) is 5.69 Å². The van der Waals surface area contributed by atoms with Gasteiger partial charge < -0.3 is 15.4 Å². The number of hydrazine groups is 1. The molecule has 2 amide bonds. The molecule has 4 aliphatic rings. The van der Waals surface area contributed by atoms with Gasteiger partial charge in [-0.3, -0.25) is 20.4 Å². The van der Waals surface area contributed by atoms with E-state index in [1.807, 2.05) is 6.07 Å². The summed E-state index contributed by atoms with van der Waals surface area (Å²) < 4.78 is 0. The lowest BCUT2D eigenvalue weighted by Gasteiger charge is -2.58. The second-order valence-corrected chi connectivity index (χ2v) is 8.79. The van der Waals surface area contributed by atoms with Crippen molar-refractivity contribution in [2.75, 3.05) is 5.32 Å². The fourth-order valence-corrected chi connectivity index (χ4v) is 5.93. The van der Waals surface area contributed by atoms with Crippen molar-refractivity contribution in [1.82, 2.24) is 20.8 Å². The average molecular weight is 383 g/mol. The van der Waals surface area contributed by atoms with Gasteiger partial charge in [-0.05, 0) is 55.9 Å². The number of nitrogens with zero attached hydrogens (tertiary/aromatic N) is 1. The van der Waals surface area contributed by atoms with Crippen LogP contribution in [-0.2, 0) is 4.79 Å². The molecule has 0 aromatic carbocycles. The highest BCUT2D eigenvalue weighted by molar-refractivity contribution is 6.07. The van der Waals surface area contributed by atoms with Crippen molar-refractivity contribution in [3.8, 4) is 0 Å². The van der Waals surface area contributed by atoms with Gasteiger partial charge in [-0.2, -0.15) is 0 Å². The summed E-state index contributed by atoms with van der Waals surface area (Å²) in [6.07, 6.45) is 8.18. The summed E-state index contributed by atoms with van der Waals surface area (Å²) >= 11 is 0. The minimum atomic E-state index is -0.498. The van der Waals surface area contributed by atoms with E-state index in [1.165, 1.54) is 13.1 Å². The zero-order valence-corrected chi connectivity index (χ0v) is 15.8. The first-order chi connectivity index (χ1) is 13.4. The van der Waals surface area contributed by atoms with E-state index in [0.29, 0.717) is 29.0 Å². The smallest absolute Gasteiger partial charge is 0.273 e. The van der Waals surface area contributed by atoms with E-state index in [1.54, 1.807) is 6.20 Å². The molecule has 2 heterocycles. The number of rotatable bonds is 3. The number of carbonyl (C=O) groups excluding carboxylic acids is 2. The number of hydrogen-bond donors (Lipinski definition) is 5. The molecule has 3 unspecified atom stereocenters. The van der Waals surface area contributed by atoms with Crippen LogP contribution in [0.2, 0.25) is 0 Å². The Balaban J connectivity index is 1.48. The summed E-state index contributed by atoms with van der Waals surface area (Å²) in [6.45, 7) is 1.34. The molecule has 5 N–H and O–H groups in total.